The molecule has 3 aromatic rings. The molecule has 1 N–H and O–H groups in total. The third-order valence-corrected chi connectivity index (χ3v) is 4.40. The number of aromatic nitrogens is 2. The molecule has 0 saturated carbocycles. The second-order valence-electron chi connectivity index (χ2n) is 6.26. The van der Waals surface area contributed by atoms with E-state index in [0.717, 1.165) is 6.42 Å². The van der Waals surface area contributed by atoms with Gasteiger partial charge in [0.15, 0.2) is 0 Å². The molecule has 0 aliphatic carbocycles. The first kappa shape index (κ1) is 17.1. The van der Waals surface area contributed by atoms with Crippen molar-refractivity contribution in [1.29, 1.82) is 0 Å². The van der Waals surface area contributed by atoms with Crippen molar-refractivity contribution < 1.29 is 18.1 Å². The summed E-state index contributed by atoms with van der Waals surface area (Å²) in [6.07, 6.45) is 1.44. The Labute approximate surface area is 153 Å². The molecule has 1 aliphatic heterocycles. The highest BCUT2D eigenvalue weighted by Gasteiger charge is 2.34. The van der Waals surface area contributed by atoms with E-state index in [1.165, 1.54) is 30.3 Å². The van der Waals surface area contributed by atoms with Crippen molar-refractivity contribution >= 4 is 11.7 Å². The fourth-order valence-corrected chi connectivity index (χ4v) is 3.14. The second kappa shape index (κ2) is 7.14. The van der Waals surface area contributed by atoms with Crippen LogP contribution in [0.5, 0.6) is 0 Å². The van der Waals surface area contributed by atoms with Gasteiger partial charge in [-0.05, 0) is 43.2 Å². The van der Waals surface area contributed by atoms with E-state index in [2.05, 4.69) is 15.5 Å². The quantitative estimate of drug-likeness (QED) is 0.743. The van der Waals surface area contributed by atoms with Gasteiger partial charge in [-0.2, -0.15) is 4.98 Å². The Balaban J connectivity index is 1.52. The Bertz CT molecular complexity index is 976. The number of urea groups is 1. The van der Waals surface area contributed by atoms with Crippen LogP contribution in [0, 0.1) is 11.6 Å². The van der Waals surface area contributed by atoms with Gasteiger partial charge < -0.3 is 14.7 Å². The maximum absolute atomic E-state index is 13.4. The van der Waals surface area contributed by atoms with Gasteiger partial charge in [0.2, 0.25) is 11.7 Å². The molecule has 4 rings (SSSR count). The minimum Gasteiger partial charge on any atom is -0.337 e. The first-order valence-corrected chi connectivity index (χ1v) is 8.53. The number of amides is 2. The van der Waals surface area contributed by atoms with E-state index in [1.54, 1.807) is 23.1 Å². The van der Waals surface area contributed by atoms with Gasteiger partial charge in [0, 0.05) is 17.8 Å². The van der Waals surface area contributed by atoms with Crippen molar-refractivity contribution in [2.45, 2.75) is 18.9 Å². The van der Waals surface area contributed by atoms with Crippen molar-refractivity contribution in [3.63, 3.8) is 0 Å². The van der Waals surface area contributed by atoms with E-state index in [0.29, 0.717) is 30.1 Å². The number of anilines is 1. The number of rotatable bonds is 3. The van der Waals surface area contributed by atoms with Crippen molar-refractivity contribution in [2.24, 2.45) is 0 Å². The van der Waals surface area contributed by atoms with Crippen LogP contribution in [0.2, 0.25) is 0 Å². The topological polar surface area (TPSA) is 71.3 Å². The first-order valence-electron chi connectivity index (χ1n) is 8.53. The van der Waals surface area contributed by atoms with Crippen molar-refractivity contribution in [3.8, 4) is 11.4 Å². The Kier molecular flexibility index (Phi) is 4.53. The van der Waals surface area contributed by atoms with Crippen LogP contribution in [0.15, 0.2) is 53.1 Å². The number of benzene rings is 2. The number of likely N-dealkylation sites (tertiary alicyclic amines) is 1. The summed E-state index contributed by atoms with van der Waals surface area (Å²) in [5.74, 6) is -0.263. The third kappa shape index (κ3) is 3.64. The average Bonchev–Trinajstić information content (AvgIpc) is 3.31. The van der Waals surface area contributed by atoms with Crippen molar-refractivity contribution in [3.05, 3.63) is 66.1 Å². The van der Waals surface area contributed by atoms with Crippen molar-refractivity contribution in [1.82, 2.24) is 15.0 Å². The average molecular weight is 370 g/mol. The second-order valence-corrected chi connectivity index (χ2v) is 6.26. The maximum Gasteiger partial charge on any atom is 0.322 e. The Morgan fingerprint density at radius 3 is 2.70 bits per heavy atom. The SMILES string of the molecule is O=C(Nc1cccc(F)c1)N1CCC[C@@H]1c1nc(-c2cccc(F)c2)no1. The van der Waals surface area contributed by atoms with Crippen LogP contribution < -0.4 is 5.32 Å². The number of nitrogens with one attached hydrogen (secondary N) is 1. The van der Waals surface area contributed by atoms with Gasteiger partial charge in [0.05, 0.1) is 0 Å². The molecule has 2 heterocycles. The monoisotopic (exact) mass is 370 g/mol. The zero-order valence-electron chi connectivity index (χ0n) is 14.2. The zero-order valence-corrected chi connectivity index (χ0v) is 14.2. The molecule has 1 aromatic heterocycles. The summed E-state index contributed by atoms with van der Waals surface area (Å²) < 4.78 is 32.0. The highest BCUT2D eigenvalue weighted by molar-refractivity contribution is 5.89. The van der Waals surface area contributed by atoms with E-state index in [9.17, 15) is 13.6 Å². The molecule has 0 spiro atoms. The lowest BCUT2D eigenvalue weighted by atomic mass is 10.2. The molecule has 1 saturated heterocycles. The van der Waals surface area contributed by atoms with Gasteiger partial charge in [-0.1, -0.05) is 23.4 Å². The van der Waals surface area contributed by atoms with Crippen LogP contribution in [0.3, 0.4) is 0 Å². The lowest BCUT2D eigenvalue weighted by molar-refractivity contribution is 0.193. The third-order valence-electron chi connectivity index (χ3n) is 4.40. The molecule has 1 fully saturated rings. The fraction of sp³-hybridized carbons (Fsp3) is 0.211. The van der Waals surface area contributed by atoms with Crippen LogP contribution in [0.25, 0.3) is 11.4 Å². The normalized spacial score (nSPS) is 16.5. The largest absolute Gasteiger partial charge is 0.337 e. The summed E-state index contributed by atoms with van der Waals surface area (Å²) in [6.45, 7) is 0.517. The predicted molar refractivity (Wildman–Crippen MR) is 93.8 cm³/mol. The molecule has 2 amide bonds. The molecule has 1 aliphatic rings. The molecule has 138 valence electrons. The highest BCUT2D eigenvalue weighted by Crippen LogP contribution is 2.32. The number of carbonyl (C=O) groups excluding carboxylic acids is 1. The van der Waals surface area contributed by atoms with Crippen LogP contribution in [-0.2, 0) is 0 Å². The lowest BCUT2D eigenvalue weighted by Crippen LogP contribution is -2.34. The number of halogens is 2. The number of hydrogen-bond donors (Lipinski definition) is 1. The minimum atomic E-state index is -0.428. The number of carbonyl (C=O) groups is 1. The molecule has 6 nitrogen and oxygen atoms in total. The van der Waals surface area contributed by atoms with Gasteiger partial charge in [0.1, 0.15) is 17.7 Å². The molecule has 8 heteroatoms. The summed E-state index contributed by atoms with van der Waals surface area (Å²) >= 11 is 0. The number of nitrogens with zero attached hydrogens (tertiary/aromatic N) is 3. The van der Waals surface area contributed by atoms with Gasteiger partial charge in [-0.25, -0.2) is 13.6 Å². The highest BCUT2D eigenvalue weighted by atomic mass is 19.1. The predicted octanol–water partition coefficient (Wildman–Crippen LogP) is 4.38. The van der Waals surface area contributed by atoms with Gasteiger partial charge in [-0.3, -0.25) is 0 Å². The van der Waals surface area contributed by atoms with E-state index < -0.39 is 11.6 Å². The van der Waals surface area contributed by atoms with E-state index in [-0.39, 0.29) is 17.9 Å². The summed E-state index contributed by atoms with van der Waals surface area (Å²) in [6, 6.07) is 10.8. The standard InChI is InChI=1S/C19H16F2N4O2/c20-13-5-1-4-12(10-13)17-23-18(27-24-17)16-8-3-9-25(16)19(26)22-15-7-2-6-14(21)11-15/h1-2,4-7,10-11,16H,3,8-9H2,(H,22,26)/t16-/m1/s1. The fourth-order valence-electron chi connectivity index (χ4n) is 3.14. The van der Waals surface area contributed by atoms with Crippen LogP contribution in [0.1, 0.15) is 24.8 Å². The number of hydrogen-bond acceptors (Lipinski definition) is 4. The van der Waals surface area contributed by atoms with Gasteiger partial charge in [-0.15, -0.1) is 0 Å². The molecule has 0 bridgehead atoms. The van der Waals surface area contributed by atoms with Crippen LogP contribution in [-0.4, -0.2) is 27.6 Å². The summed E-state index contributed by atoms with van der Waals surface area (Å²) in [5.41, 5.74) is 0.871. The van der Waals surface area contributed by atoms with E-state index >= 15 is 0 Å². The smallest absolute Gasteiger partial charge is 0.322 e. The minimum absolute atomic E-state index is 0.266. The molecule has 27 heavy (non-hydrogen) atoms. The first-order chi connectivity index (χ1) is 13.1. The van der Waals surface area contributed by atoms with Gasteiger partial charge >= 0.3 is 6.03 Å². The van der Waals surface area contributed by atoms with Crippen LogP contribution >= 0.6 is 0 Å². The van der Waals surface area contributed by atoms with Crippen LogP contribution in [0.4, 0.5) is 19.3 Å². The maximum atomic E-state index is 13.4. The molecule has 2 aromatic carbocycles. The Morgan fingerprint density at radius 1 is 1.15 bits per heavy atom. The van der Waals surface area contributed by atoms with E-state index in [4.69, 9.17) is 4.52 Å². The lowest BCUT2D eigenvalue weighted by Gasteiger charge is -2.22. The molecule has 0 unspecified atom stereocenters. The molecule has 1 atom stereocenters. The summed E-state index contributed by atoms with van der Waals surface area (Å²) in [7, 11) is 0. The molecular weight excluding hydrogens is 354 g/mol. The molecule has 0 radical (unpaired) electrons. The Hall–Kier alpha value is -3.29. The summed E-state index contributed by atoms with van der Waals surface area (Å²) in [5, 5.41) is 6.58. The Morgan fingerprint density at radius 2 is 1.93 bits per heavy atom. The molecular formula is C19H16F2N4O2. The van der Waals surface area contributed by atoms with Crippen molar-refractivity contribution in [2.75, 3.05) is 11.9 Å². The van der Waals surface area contributed by atoms with Gasteiger partial charge in [0.25, 0.3) is 0 Å². The zero-order chi connectivity index (χ0) is 18.8. The summed E-state index contributed by atoms with van der Waals surface area (Å²) in [4.78, 5) is 18.5. The van der Waals surface area contributed by atoms with E-state index in [1.807, 2.05) is 0 Å².